The number of imidazole rings is 1. The van der Waals surface area contributed by atoms with E-state index in [4.69, 9.17) is 16.3 Å². The summed E-state index contributed by atoms with van der Waals surface area (Å²) in [5, 5.41) is 14.8. The molecule has 1 atom stereocenters. The Hall–Kier alpha value is -3.54. The molecule has 0 radical (unpaired) electrons. The number of aliphatic hydroxyl groups is 1. The van der Waals surface area contributed by atoms with E-state index in [2.05, 4.69) is 25.5 Å². The number of benzene rings is 2. The standard InChI is InChI=1S/C25H26ClF2N5O4/c1-37-20-5-4-17(21(27)22(20)28)19-11-30-23(32-19)25(36)31-15-2-3-16(18(26)10-15)24(35)29-7-9-33-8-6-14(12-33)13-34/h2-5,10-11,14,34H,6-9,12-13H2,1H3,(H,29,35)(H,30,32)(H,31,36). The van der Waals surface area contributed by atoms with Crippen molar-refractivity contribution < 1.29 is 28.2 Å². The zero-order valence-electron chi connectivity index (χ0n) is 20.0. The zero-order valence-corrected chi connectivity index (χ0v) is 20.7. The van der Waals surface area contributed by atoms with E-state index < -0.39 is 17.5 Å². The third-order valence-electron chi connectivity index (χ3n) is 6.16. The van der Waals surface area contributed by atoms with Crippen LogP contribution in [0.2, 0.25) is 5.02 Å². The number of H-pyrrole nitrogens is 1. The molecule has 0 bridgehead atoms. The Bertz CT molecular complexity index is 1300. The average molecular weight is 534 g/mol. The van der Waals surface area contributed by atoms with Crippen molar-refractivity contribution in [2.24, 2.45) is 5.92 Å². The van der Waals surface area contributed by atoms with Crippen molar-refractivity contribution in [3.63, 3.8) is 0 Å². The summed E-state index contributed by atoms with van der Waals surface area (Å²) in [5.74, 6) is -3.35. The van der Waals surface area contributed by atoms with Gasteiger partial charge in [0.15, 0.2) is 17.4 Å². The van der Waals surface area contributed by atoms with Crippen molar-refractivity contribution >= 4 is 29.1 Å². The largest absolute Gasteiger partial charge is 0.494 e. The number of rotatable bonds is 9. The maximum absolute atomic E-state index is 14.4. The molecular weight excluding hydrogens is 508 g/mol. The number of methoxy groups -OCH3 is 1. The maximum Gasteiger partial charge on any atom is 0.291 e. The molecule has 1 saturated heterocycles. The second-order valence-electron chi connectivity index (χ2n) is 8.63. The minimum absolute atomic E-state index is 0.107. The number of hydrogen-bond donors (Lipinski definition) is 4. The Morgan fingerprint density at radius 1 is 1.24 bits per heavy atom. The van der Waals surface area contributed by atoms with Crippen LogP contribution < -0.4 is 15.4 Å². The van der Waals surface area contributed by atoms with E-state index in [9.17, 15) is 23.5 Å². The summed E-state index contributed by atoms with van der Waals surface area (Å²) in [6.45, 7) is 2.98. The summed E-state index contributed by atoms with van der Waals surface area (Å²) in [6, 6.07) is 7.03. The van der Waals surface area contributed by atoms with Crippen LogP contribution in [0.25, 0.3) is 11.3 Å². The summed E-state index contributed by atoms with van der Waals surface area (Å²) in [4.78, 5) is 33.9. The molecule has 9 nitrogen and oxygen atoms in total. The molecule has 1 fully saturated rings. The van der Waals surface area contributed by atoms with Gasteiger partial charge in [0.1, 0.15) is 0 Å². The van der Waals surface area contributed by atoms with Gasteiger partial charge in [0.05, 0.1) is 29.6 Å². The van der Waals surface area contributed by atoms with Crippen LogP contribution in [0, 0.1) is 17.6 Å². The van der Waals surface area contributed by atoms with Crippen molar-refractivity contribution in [3.05, 3.63) is 64.6 Å². The van der Waals surface area contributed by atoms with Gasteiger partial charge in [0.2, 0.25) is 5.82 Å². The molecule has 4 N–H and O–H groups in total. The predicted octanol–water partition coefficient (Wildman–Crippen LogP) is 3.31. The number of carbonyl (C=O) groups excluding carboxylic acids is 2. The summed E-state index contributed by atoms with van der Waals surface area (Å²) >= 11 is 6.28. The highest BCUT2D eigenvalue weighted by molar-refractivity contribution is 6.34. The van der Waals surface area contributed by atoms with Gasteiger partial charge in [-0.25, -0.2) is 9.37 Å². The van der Waals surface area contributed by atoms with Gasteiger partial charge < -0.3 is 30.4 Å². The van der Waals surface area contributed by atoms with E-state index in [0.29, 0.717) is 18.8 Å². The van der Waals surface area contributed by atoms with E-state index >= 15 is 0 Å². The van der Waals surface area contributed by atoms with E-state index in [1.165, 1.54) is 43.6 Å². The van der Waals surface area contributed by atoms with Crippen molar-refractivity contribution in [1.29, 1.82) is 0 Å². The molecule has 2 amide bonds. The van der Waals surface area contributed by atoms with Crippen LogP contribution in [0.15, 0.2) is 36.5 Å². The molecule has 3 aromatic rings. The van der Waals surface area contributed by atoms with E-state index in [0.717, 1.165) is 19.5 Å². The highest BCUT2D eigenvalue weighted by Gasteiger charge is 2.22. The van der Waals surface area contributed by atoms with Gasteiger partial charge in [0, 0.05) is 37.5 Å². The van der Waals surface area contributed by atoms with E-state index in [1.54, 1.807) is 0 Å². The molecule has 0 saturated carbocycles. The molecule has 1 aliphatic rings. The third kappa shape index (κ3) is 6.07. The average Bonchev–Trinajstić information content (AvgIpc) is 3.56. The second kappa shape index (κ2) is 11.7. The number of anilines is 1. The number of likely N-dealkylation sites (tertiary alicyclic amines) is 1. The smallest absolute Gasteiger partial charge is 0.291 e. The van der Waals surface area contributed by atoms with Crippen LogP contribution in [0.3, 0.4) is 0 Å². The second-order valence-corrected chi connectivity index (χ2v) is 9.04. The Balaban J connectivity index is 1.35. The van der Waals surface area contributed by atoms with Gasteiger partial charge in [-0.1, -0.05) is 11.6 Å². The fourth-order valence-electron chi connectivity index (χ4n) is 4.13. The summed E-state index contributed by atoms with van der Waals surface area (Å²) in [5.41, 5.74) is 0.571. The van der Waals surface area contributed by atoms with Crippen LogP contribution in [0.4, 0.5) is 14.5 Å². The molecule has 4 rings (SSSR count). The first-order chi connectivity index (χ1) is 17.8. The lowest BCUT2D eigenvalue weighted by Crippen LogP contribution is -2.34. The minimum atomic E-state index is -1.15. The summed E-state index contributed by atoms with van der Waals surface area (Å²) < 4.78 is 33.2. The molecule has 1 aliphatic heterocycles. The third-order valence-corrected chi connectivity index (χ3v) is 6.47. The normalized spacial score (nSPS) is 15.5. The van der Waals surface area contributed by atoms with E-state index in [1.807, 2.05) is 0 Å². The number of carbonyl (C=O) groups is 2. The number of aromatic nitrogens is 2. The van der Waals surface area contributed by atoms with Gasteiger partial charge in [-0.15, -0.1) is 0 Å². The molecule has 37 heavy (non-hydrogen) atoms. The fourth-order valence-corrected chi connectivity index (χ4v) is 4.39. The minimum Gasteiger partial charge on any atom is -0.494 e. The Labute approximate surface area is 216 Å². The van der Waals surface area contributed by atoms with Gasteiger partial charge >= 0.3 is 0 Å². The highest BCUT2D eigenvalue weighted by Crippen LogP contribution is 2.29. The molecule has 2 heterocycles. The first-order valence-corrected chi connectivity index (χ1v) is 12.0. The van der Waals surface area contributed by atoms with Gasteiger partial charge in [-0.2, -0.15) is 4.39 Å². The van der Waals surface area contributed by atoms with Crippen LogP contribution in [0.5, 0.6) is 5.75 Å². The molecule has 0 spiro atoms. The maximum atomic E-state index is 14.4. The van der Waals surface area contributed by atoms with Crippen LogP contribution >= 0.6 is 11.6 Å². The SMILES string of the molecule is COc1ccc(-c2cnc(C(=O)Nc3ccc(C(=O)NCCN4CCC(CO)C4)c(Cl)c3)[nH]2)c(F)c1F. The molecule has 2 aromatic carbocycles. The van der Waals surface area contributed by atoms with Crippen molar-refractivity contribution in [3.8, 4) is 17.0 Å². The number of aromatic amines is 1. The lowest BCUT2D eigenvalue weighted by molar-refractivity contribution is 0.0948. The Kier molecular flexibility index (Phi) is 8.37. The van der Waals surface area contributed by atoms with Crippen LogP contribution in [0.1, 0.15) is 27.4 Å². The monoisotopic (exact) mass is 533 g/mol. The van der Waals surface area contributed by atoms with Gasteiger partial charge in [-0.05, 0) is 49.2 Å². The van der Waals surface area contributed by atoms with Crippen LogP contribution in [-0.4, -0.2) is 71.7 Å². The lowest BCUT2D eigenvalue weighted by Gasteiger charge is -2.16. The Morgan fingerprint density at radius 2 is 2.05 bits per heavy atom. The summed E-state index contributed by atoms with van der Waals surface area (Å²) in [7, 11) is 1.23. The van der Waals surface area contributed by atoms with Crippen molar-refractivity contribution in [2.75, 3.05) is 45.2 Å². The molecule has 196 valence electrons. The molecular formula is C25H26ClF2N5O4. The fraction of sp³-hybridized carbons (Fsp3) is 0.320. The number of nitrogens with zero attached hydrogens (tertiary/aromatic N) is 2. The van der Waals surface area contributed by atoms with Crippen LogP contribution in [-0.2, 0) is 0 Å². The van der Waals surface area contributed by atoms with Gasteiger partial charge in [-0.3, -0.25) is 9.59 Å². The number of aliphatic hydroxyl groups excluding tert-OH is 1. The lowest BCUT2D eigenvalue weighted by atomic mass is 10.1. The number of ether oxygens (including phenoxy) is 1. The zero-order chi connectivity index (χ0) is 26.5. The van der Waals surface area contributed by atoms with Crippen molar-refractivity contribution in [2.45, 2.75) is 6.42 Å². The number of halogens is 3. The van der Waals surface area contributed by atoms with Crippen molar-refractivity contribution in [1.82, 2.24) is 20.2 Å². The number of hydrogen-bond acceptors (Lipinski definition) is 6. The quantitative estimate of drug-likeness (QED) is 0.335. The first-order valence-electron chi connectivity index (χ1n) is 11.6. The first kappa shape index (κ1) is 26.5. The molecule has 12 heteroatoms. The Morgan fingerprint density at radius 3 is 2.76 bits per heavy atom. The highest BCUT2D eigenvalue weighted by atomic mass is 35.5. The number of amides is 2. The summed E-state index contributed by atoms with van der Waals surface area (Å²) in [6.07, 6.45) is 2.16. The topological polar surface area (TPSA) is 120 Å². The van der Waals surface area contributed by atoms with E-state index in [-0.39, 0.29) is 51.8 Å². The predicted molar refractivity (Wildman–Crippen MR) is 134 cm³/mol. The molecule has 1 aromatic heterocycles. The number of nitrogens with one attached hydrogen (secondary N) is 3. The van der Waals surface area contributed by atoms with Gasteiger partial charge in [0.25, 0.3) is 11.8 Å². The molecule has 0 aliphatic carbocycles. The molecule has 1 unspecified atom stereocenters.